The first-order chi connectivity index (χ1) is 15.2. The number of hydrogen-bond donors (Lipinski definition) is 1. The number of nitrogens with zero attached hydrogens (tertiary/aromatic N) is 2. The molecule has 0 radical (unpaired) electrons. The summed E-state index contributed by atoms with van der Waals surface area (Å²) in [7, 11) is 0. The number of esters is 1. The number of rotatable bonds is 4. The van der Waals surface area contributed by atoms with E-state index in [-0.39, 0.29) is 12.1 Å². The lowest BCUT2D eigenvalue weighted by molar-refractivity contribution is 0.0319. The maximum atomic E-state index is 12.9. The maximum Gasteiger partial charge on any atom is 0.339 e. The number of fused-ring (bicyclic) bond motifs is 1. The second kappa shape index (κ2) is 8.55. The van der Waals surface area contributed by atoms with Crippen molar-refractivity contribution < 1.29 is 14.3 Å². The van der Waals surface area contributed by atoms with Gasteiger partial charge < -0.3 is 20.1 Å². The predicted octanol–water partition coefficient (Wildman–Crippen LogP) is 4.42. The zero-order valence-corrected chi connectivity index (χ0v) is 17.5. The van der Waals surface area contributed by atoms with Crippen molar-refractivity contribution in [3.8, 4) is 11.1 Å². The number of pyridine rings is 1. The number of hydrogen-bond acceptors (Lipinski definition) is 6. The zero-order valence-electron chi connectivity index (χ0n) is 17.5. The van der Waals surface area contributed by atoms with Gasteiger partial charge >= 0.3 is 5.97 Å². The summed E-state index contributed by atoms with van der Waals surface area (Å²) < 4.78 is 11.2. The average Bonchev–Trinajstić information content (AvgIpc) is 3.32. The van der Waals surface area contributed by atoms with Crippen LogP contribution in [0.15, 0.2) is 48.5 Å². The number of nitrogen functional groups attached to an aromatic ring is 1. The molecule has 160 valence electrons. The van der Waals surface area contributed by atoms with Crippen molar-refractivity contribution in [2.75, 3.05) is 36.9 Å². The fraction of sp³-hybridized carbons (Fsp3) is 0.360. The molecule has 1 saturated carbocycles. The first-order valence-electron chi connectivity index (χ1n) is 11.0. The summed E-state index contributed by atoms with van der Waals surface area (Å²) in [6, 6.07) is 15.8. The number of benzene rings is 2. The van der Waals surface area contributed by atoms with Crippen molar-refractivity contribution in [2.45, 2.75) is 31.8 Å². The van der Waals surface area contributed by atoms with Gasteiger partial charge in [-0.15, -0.1) is 0 Å². The molecule has 0 atom stereocenters. The Bertz CT molecular complexity index is 1100. The maximum absolute atomic E-state index is 12.9. The summed E-state index contributed by atoms with van der Waals surface area (Å²) in [5.41, 5.74) is 10.5. The fourth-order valence-electron chi connectivity index (χ4n) is 4.54. The van der Waals surface area contributed by atoms with Crippen LogP contribution in [-0.4, -0.2) is 43.4 Å². The van der Waals surface area contributed by atoms with E-state index < -0.39 is 0 Å². The highest BCUT2D eigenvalue weighted by Gasteiger charge is 2.22. The molecule has 1 aromatic heterocycles. The lowest BCUT2D eigenvalue weighted by Crippen LogP contribution is -2.36. The molecule has 2 heterocycles. The number of carbonyl (C=O) groups excluding carboxylic acids is 1. The molecule has 2 fully saturated rings. The van der Waals surface area contributed by atoms with E-state index in [1.54, 1.807) is 0 Å². The summed E-state index contributed by atoms with van der Waals surface area (Å²) in [6.07, 6.45) is 4.22. The van der Waals surface area contributed by atoms with E-state index in [1.165, 1.54) is 0 Å². The SMILES string of the molecule is Nc1nc2ccc(-c3ccccc3C(=O)OC3CCCC3)cc2cc1N1CCOCC1. The third kappa shape index (κ3) is 4.08. The highest BCUT2D eigenvalue weighted by molar-refractivity contribution is 5.99. The Morgan fingerprint density at radius 3 is 2.65 bits per heavy atom. The average molecular weight is 418 g/mol. The molecule has 1 aliphatic heterocycles. The standard InChI is InChI=1S/C25H27N3O3/c26-24-23(28-11-13-30-14-12-28)16-18-15-17(9-10-22(18)27-24)20-7-3-4-8-21(20)25(29)31-19-5-1-2-6-19/h3-4,7-10,15-16,19H,1-2,5-6,11-14H2,(H2,26,27). The Kier molecular flexibility index (Phi) is 5.47. The molecule has 6 heteroatoms. The van der Waals surface area contributed by atoms with Crippen molar-refractivity contribution in [2.24, 2.45) is 0 Å². The molecule has 6 nitrogen and oxygen atoms in total. The molecule has 3 aromatic rings. The molecular formula is C25H27N3O3. The van der Waals surface area contributed by atoms with Crippen molar-refractivity contribution in [3.05, 3.63) is 54.1 Å². The smallest absolute Gasteiger partial charge is 0.339 e. The van der Waals surface area contributed by atoms with Crippen LogP contribution < -0.4 is 10.6 Å². The molecule has 0 amide bonds. The van der Waals surface area contributed by atoms with E-state index in [0.717, 1.165) is 66.5 Å². The molecule has 31 heavy (non-hydrogen) atoms. The van der Waals surface area contributed by atoms with Gasteiger partial charge in [0.1, 0.15) is 11.9 Å². The van der Waals surface area contributed by atoms with Crippen LogP contribution in [0.5, 0.6) is 0 Å². The summed E-state index contributed by atoms with van der Waals surface area (Å²) >= 11 is 0. The Hall–Kier alpha value is -3.12. The van der Waals surface area contributed by atoms with Gasteiger partial charge in [-0.1, -0.05) is 24.3 Å². The van der Waals surface area contributed by atoms with Gasteiger partial charge in [-0.3, -0.25) is 0 Å². The highest BCUT2D eigenvalue weighted by Crippen LogP contribution is 2.32. The second-order valence-corrected chi connectivity index (χ2v) is 8.26. The van der Waals surface area contributed by atoms with Crippen molar-refractivity contribution >= 4 is 28.4 Å². The summed E-state index contributed by atoms with van der Waals surface area (Å²) in [5.74, 6) is 0.287. The van der Waals surface area contributed by atoms with E-state index in [4.69, 9.17) is 15.2 Å². The monoisotopic (exact) mass is 417 g/mol. The molecule has 5 rings (SSSR count). The van der Waals surface area contributed by atoms with E-state index in [1.807, 2.05) is 36.4 Å². The summed E-state index contributed by atoms with van der Waals surface area (Å²) in [6.45, 7) is 2.97. The van der Waals surface area contributed by atoms with Gasteiger partial charge in [0, 0.05) is 18.5 Å². The molecule has 2 N–H and O–H groups in total. The van der Waals surface area contributed by atoms with Gasteiger partial charge in [0.15, 0.2) is 0 Å². The van der Waals surface area contributed by atoms with Crippen LogP contribution in [0.4, 0.5) is 11.5 Å². The molecule has 2 aliphatic rings. The molecule has 0 bridgehead atoms. The van der Waals surface area contributed by atoms with Gasteiger partial charge in [-0.2, -0.15) is 0 Å². The predicted molar refractivity (Wildman–Crippen MR) is 122 cm³/mol. The number of anilines is 2. The van der Waals surface area contributed by atoms with Gasteiger partial charge in [-0.05, 0) is 61.1 Å². The second-order valence-electron chi connectivity index (χ2n) is 8.26. The third-order valence-electron chi connectivity index (χ3n) is 6.21. The van der Waals surface area contributed by atoms with Crippen LogP contribution >= 0.6 is 0 Å². The van der Waals surface area contributed by atoms with Crippen LogP contribution in [0.1, 0.15) is 36.0 Å². The number of ether oxygens (including phenoxy) is 2. The number of morpholine rings is 1. The van der Waals surface area contributed by atoms with Crippen LogP contribution in [0.2, 0.25) is 0 Å². The van der Waals surface area contributed by atoms with Gasteiger partial charge in [0.25, 0.3) is 0 Å². The third-order valence-corrected chi connectivity index (χ3v) is 6.21. The van der Waals surface area contributed by atoms with E-state index in [9.17, 15) is 4.79 Å². The molecule has 1 aliphatic carbocycles. The van der Waals surface area contributed by atoms with E-state index in [2.05, 4.69) is 22.0 Å². The Morgan fingerprint density at radius 1 is 1.06 bits per heavy atom. The van der Waals surface area contributed by atoms with Gasteiger partial charge in [-0.25, -0.2) is 9.78 Å². The molecule has 0 spiro atoms. The lowest BCUT2D eigenvalue weighted by atomic mass is 9.98. The fourth-order valence-corrected chi connectivity index (χ4v) is 4.54. The Morgan fingerprint density at radius 2 is 1.84 bits per heavy atom. The van der Waals surface area contributed by atoms with E-state index in [0.29, 0.717) is 24.6 Å². The highest BCUT2D eigenvalue weighted by atomic mass is 16.5. The zero-order chi connectivity index (χ0) is 21.2. The first kappa shape index (κ1) is 19.8. The van der Waals surface area contributed by atoms with Gasteiger partial charge in [0.05, 0.1) is 30.0 Å². The normalized spacial score (nSPS) is 17.2. The molecule has 0 unspecified atom stereocenters. The molecule has 2 aromatic carbocycles. The topological polar surface area (TPSA) is 77.7 Å². The Labute approximate surface area is 182 Å². The summed E-state index contributed by atoms with van der Waals surface area (Å²) in [5, 5.41) is 0.993. The Balaban J connectivity index is 1.50. The quantitative estimate of drug-likeness (QED) is 0.633. The number of carbonyl (C=O) groups is 1. The number of aromatic nitrogens is 1. The largest absolute Gasteiger partial charge is 0.459 e. The lowest BCUT2D eigenvalue weighted by Gasteiger charge is -2.29. The number of nitrogens with two attached hydrogens (primary N) is 1. The molecular weight excluding hydrogens is 390 g/mol. The van der Waals surface area contributed by atoms with Crippen LogP contribution in [-0.2, 0) is 9.47 Å². The first-order valence-corrected chi connectivity index (χ1v) is 11.0. The minimum absolute atomic E-state index is 0.0421. The van der Waals surface area contributed by atoms with Crippen molar-refractivity contribution in [1.82, 2.24) is 4.98 Å². The van der Waals surface area contributed by atoms with E-state index >= 15 is 0 Å². The van der Waals surface area contributed by atoms with Crippen LogP contribution in [0, 0.1) is 0 Å². The summed E-state index contributed by atoms with van der Waals surface area (Å²) in [4.78, 5) is 19.7. The van der Waals surface area contributed by atoms with Crippen molar-refractivity contribution in [3.63, 3.8) is 0 Å². The molecule has 1 saturated heterocycles. The van der Waals surface area contributed by atoms with Gasteiger partial charge in [0.2, 0.25) is 0 Å². The minimum atomic E-state index is -0.243. The van der Waals surface area contributed by atoms with Crippen LogP contribution in [0.3, 0.4) is 0 Å². The minimum Gasteiger partial charge on any atom is -0.459 e. The van der Waals surface area contributed by atoms with Crippen LogP contribution in [0.25, 0.3) is 22.0 Å². The van der Waals surface area contributed by atoms with Crippen molar-refractivity contribution in [1.29, 1.82) is 0 Å².